The van der Waals surface area contributed by atoms with Gasteiger partial charge < -0.3 is 19.7 Å². The second kappa shape index (κ2) is 9.38. The van der Waals surface area contributed by atoms with Crippen LogP contribution in [-0.4, -0.2) is 45.3 Å². The topological polar surface area (TPSA) is 171 Å². The first-order chi connectivity index (χ1) is 15.5. The van der Waals surface area contributed by atoms with Crippen molar-refractivity contribution in [1.29, 1.82) is 5.26 Å². The van der Waals surface area contributed by atoms with E-state index in [-0.39, 0.29) is 35.1 Å². The number of carbonyl (C=O) groups is 1. The number of nitrogen functional groups attached to an aromatic ring is 1. The van der Waals surface area contributed by atoms with Crippen molar-refractivity contribution in [2.24, 2.45) is 0 Å². The SMILES string of the molecule is C[C@H](ONC(=O)c1c(N)nc(-c2cccc(C#N)c2)nc1O[C@H]1CCOC1)c1ncno1. The number of nitriles is 1. The van der Waals surface area contributed by atoms with Crippen molar-refractivity contribution in [3.63, 3.8) is 0 Å². The first-order valence-electron chi connectivity index (χ1n) is 9.70. The molecule has 3 aromatic rings. The van der Waals surface area contributed by atoms with Crippen LogP contribution < -0.4 is 16.0 Å². The van der Waals surface area contributed by atoms with Gasteiger partial charge in [-0.1, -0.05) is 17.3 Å². The van der Waals surface area contributed by atoms with Crippen LogP contribution in [0.15, 0.2) is 35.1 Å². The van der Waals surface area contributed by atoms with Gasteiger partial charge in [-0.3, -0.25) is 9.63 Å². The molecular formula is C20H19N7O5. The average molecular weight is 437 g/mol. The molecule has 3 heterocycles. The summed E-state index contributed by atoms with van der Waals surface area (Å²) in [5.74, 6) is -0.443. The van der Waals surface area contributed by atoms with Crippen molar-refractivity contribution in [1.82, 2.24) is 25.6 Å². The van der Waals surface area contributed by atoms with Gasteiger partial charge in [-0.2, -0.15) is 15.2 Å². The molecule has 0 unspecified atom stereocenters. The van der Waals surface area contributed by atoms with Crippen molar-refractivity contribution < 1.29 is 23.6 Å². The highest BCUT2D eigenvalue weighted by molar-refractivity contribution is 6.00. The van der Waals surface area contributed by atoms with E-state index in [1.807, 2.05) is 0 Å². The Kier molecular flexibility index (Phi) is 6.20. The van der Waals surface area contributed by atoms with Gasteiger partial charge in [0.25, 0.3) is 11.8 Å². The number of hydrogen-bond donors (Lipinski definition) is 2. The molecule has 1 amide bonds. The Morgan fingerprint density at radius 3 is 3.00 bits per heavy atom. The Labute approximate surface area is 182 Å². The quantitative estimate of drug-likeness (QED) is 0.514. The van der Waals surface area contributed by atoms with E-state index in [1.165, 1.54) is 6.33 Å². The van der Waals surface area contributed by atoms with Crippen LogP contribution in [0.25, 0.3) is 11.4 Å². The molecule has 0 aliphatic carbocycles. The molecule has 12 heteroatoms. The maximum absolute atomic E-state index is 12.9. The first-order valence-corrected chi connectivity index (χ1v) is 9.70. The number of benzene rings is 1. The molecule has 0 bridgehead atoms. The lowest BCUT2D eigenvalue weighted by molar-refractivity contribution is -0.0222. The van der Waals surface area contributed by atoms with Gasteiger partial charge >= 0.3 is 0 Å². The Hall–Kier alpha value is -4.08. The van der Waals surface area contributed by atoms with Gasteiger partial charge in [-0.15, -0.1) is 0 Å². The molecule has 1 aliphatic heterocycles. The molecule has 12 nitrogen and oxygen atoms in total. The molecule has 1 aromatic carbocycles. The largest absolute Gasteiger partial charge is 0.471 e. The van der Waals surface area contributed by atoms with Gasteiger partial charge in [0.05, 0.1) is 24.8 Å². The van der Waals surface area contributed by atoms with Crippen molar-refractivity contribution in [2.45, 2.75) is 25.6 Å². The zero-order valence-electron chi connectivity index (χ0n) is 17.0. The number of hydroxylamine groups is 1. The summed E-state index contributed by atoms with van der Waals surface area (Å²) in [7, 11) is 0. The normalized spacial score (nSPS) is 16.3. The van der Waals surface area contributed by atoms with Crippen molar-refractivity contribution in [3.8, 4) is 23.3 Å². The number of ether oxygens (including phenoxy) is 2. The molecular weight excluding hydrogens is 418 g/mol. The van der Waals surface area contributed by atoms with E-state index >= 15 is 0 Å². The fourth-order valence-corrected chi connectivity index (χ4v) is 2.98. The number of nitrogens with one attached hydrogen (secondary N) is 1. The summed E-state index contributed by atoms with van der Waals surface area (Å²) in [6.07, 6.45) is 0.851. The molecule has 0 spiro atoms. The van der Waals surface area contributed by atoms with Crippen LogP contribution in [0.1, 0.15) is 41.3 Å². The lowest BCUT2D eigenvalue weighted by Gasteiger charge is -2.17. The summed E-state index contributed by atoms with van der Waals surface area (Å²) >= 11 is 0. The van der Waals surface area contributed by atoms with Crippen LogP contribution in [-0.2, 0) is 9.57 Å². The van der Waals surface area contributed by atoms with E-state index < -0.39 is 12.0 Å². The average Bonchev–Trinajstić information content (AvgIpc) is 3.51. The minimum atomic E-state index is -0.708. The van der Waals surface area contributed by atoms with Crippen LogP contribution in [0.3, 0.4) is 0 Å². The summed E-state index contributed by atoms with van der Waals surface area (Å²) < 4.78 is 16.2. The molecule has 2 atom stereocenters. The predicted octanol–water partition coefficient (Wildman–Crippen LogP) is 1.57. The maximum Gasteiger partial charge on any atom is 0.284 e. The summed E-state index contributed by atoms with van der Waals surface area (Å²) in [5.41, 5.74) is 9.31. The van der Waals surface area contributed by atoms with Crippen LogP contribution in [0.4, 0.5) is 5.82 Å². The second-order valence-electron chi connectivity index (χ2n) is 6.88. The summed E-state index contributed by atoms with van der Waals surface area (Å²) in [5, 5.41) is 12.7. The first kappa shape index (κ1) is 21.2. The number of aromatic nitrogens is 4. The monoisotopic (exact) mass is 437 g/mol. The molecule has 164 valence electrons. The molecule has 4 rings (SSSR count). The van der Waals surface area contributed by atoms with E-state index in [9.17, 15) is 4.79 Å². The van der Waals surface area contributed by atoms with Crippen molar-refractivity contribution in [3.05, 3.63) is 47.6 Å². The molecule has 1 fully saturated rings. The highest BCUT2D eigenvalue weighted by atomic mass is 16.7. The van der Waals surface area contributed by atoms with E-state index in [0.717, 1.165) is 0 Å². The minimum absolute atomic E-state index is 0.0168. The van der Waals surface area contributed by atoms with E-state index in [4.69, 9.17) is 29.8 Å². The Morgan fingerprint density at radius 1 is 1.41 bits per heavy atom. The number of carbonyl (C=O) groups excluding carboxylic acids is 1. The third-order valence-corrected chi connectivity index (χ3v) is 4.60. The zero-order chi connectivity index (χ0) is 22.5. The fraction of sp³-hybridized carbons (Fsp3) is 0.300. The van der Waals surface area contributed by atoms with Gasteiger partial charge in [0.2, 0.25) is 5.88 Å². The molecule has 1 aliphatic rings. The number of anilines is 1. The standard InChI is InChI=1S/C20H19N7O5/c1-11(19-23-10-24-32-19)31-27-18(28)15-16(22)25-17(13-4-2-3-12(7-13)8-21)26-20(15)30-14-5-6-29-9-14/h2-4,7,10-11,14H,5-6,9H2,1H3,(H,27,28)(H2,22,25,26)/t11-,14-/m0/s1. The van der Waals surface area contributed by atoms with Crippen LogP contribution in [0, 0.1) is 11.3 Å². The summed E-state index contributed by atoms with van der Waals surface area (Å²) in [4.78, 5) is 30.7. The summed E-state index contributed by atoms with van der Waals surface area (Å²) in [6.45, 7) is 2.51. The second-order valence-corrected chi connectivity index (χ2v) is 6.88. The zero-order valence-corrected chi connectivity index (χ0v) is 17.0. The smallest absolute Gasteiger partial charge is 0.284 e. The van der Waals surface area contributed by atoms with Gasteiger partial charge in [0.1, 0.15) is 17.5 Å². The van der Waals surface area contributed by atoms with Gasteiger partial charge in [-0.05, 0) is 19.1 Å². The van der Waals surface area contributed by atoms with Gasteiger partial charge in [-0.25, -0.2) is 10.5 Å². The third-order valence-electron chi connectivity index (χ3n) is 4.60. The Bertz CT molecular complexity index is 1140. The van der Waals surface area contributed by atoms with Crippen molar-refractivity contribution in [2.75, 3.05) is 18.9 Å². The molecule has 0 saturated carbocycles. The number of hydrogen-bond acceptors (Lipinski definition) is 11. The third kappa shape index (κ3) is 4.64. The lowest BCUT2D eigenvalue weighted by Crippen LogP contribution is -2.29. The molecule has 1 saturated heterocycles. The molecule has 2 aromatic heterocycles. The van der Waals surface area contributed by atoms with E-state index in [1.54, 1.807) is 31.2 Å². The summed E-state index contributed by atoms with van der Waals surface area (Å²) in [6, 6.07) is 8.76. The fourth-order valence-electron chi connectivity index (χ4n) is 2.98. The predicted molar refractivity (Wildman–Crippen MR) is 108 cm³/mol. The molecule has 32 heavy (non-hydrogen) atoms. The Morgan fingerprint density at radius 2 is 2.28 bits per heavy atom. The minimum Gasteiger partial charge on any atom is -0.471 e. The number of nitrogens with zero attached hydrogens (tertiary/aromatic N) is 5. The van der Waals surface area contributed by atoms with Gasteiger partial charge in [0, 0.05) is 12.0 Å². The van der Waals surface area contributed by atoms with Crippen LogP contribution in [0.2, 0.25) is 0 Å². The number of nitrogens with two attached hydrogens (primary N) is 1. The van der Waals surface area contributed by atoms with Crippen molar-refractivity contribution >= 4 is 11.7 Å². The van der Waals surface area contributed by atoms with Crippen LogP contribution >= 0.6 is 0 Å². The highest BCUT2D eigenvalue weighted by Gasteiger charge is 2.27. The van der Waals surface area contributed by atoms with Crippen LogP contribution in [0.5, 0.6) is 5.88 Å². The van der Waals surface area contributed by atoms with E-state index in [2.05, 4.69) is 31.7 Å². The highest BCUT2D eigenvalue weighted by Crippen LogP contribution is 2.28. The Balaban J connectivity index is 1.63. The number of rotatable bonds is 7. The maximum atomic E-state index is 12.9. The number of amides is 1. The molecule has 0 radical (unpaired) electrons. The lowest BCUT2D eigenvalue weighted by atomic mass is 10.1. The van der Waals surface area contributed by atoms with E-state index in [0.29, 0.717) is 30.8 Å². The van der Waals surface area contributed by atoms with Gasteiger partial charge in [0.15, 0.2) is 18.3 Å². The molecule has 3 N–H and O–H groups in total.